The molecule has 2 amide bonds. The Bertz CT molecular complexity index is 1400. The molecule has 4 atom stereocenters. The smallest absolute Gasteiger partial charge is 0.271 e. The molecule has 0 spiro atoms. The second-order valence-electron chi connectivity index (χ2n) is 10.4. The molecule has 1 saturated heterocycles. The second-order valence-corrected chi connectivity index (χ2v) is 10.9. The second kappa shape index (κ2) is 12.9. The minimum Gasteiger partial charge on any atom is -0.508 e. The van der Waals surface area contributed by atoms with Crippen molar-refractivity contribution < 1.29 is 34.9 Å². The van der Waals surface area contributed by atoms with Crippen molar-refractivity contribution >= 4 is 40.9 Å². The molecular formula is C30H33ClN2O8. The number of nitro benzene ring substituents is 1. The Labute approximate surface area is 242 Å². The summed E-state index contributed by atoms with van der Waals surface area (Å²) in [6, 6.07) is 9.93. The number of anilines is 1. The van der Waals surface area contributed by atoms with E-state index < -0.39 is 53.8 Å². The van der Waals surface area contributed by atoms with Crippen molar-refractivity contribution in [2.45, 2.75) is 45.1 Å². The van der Waals surface area contributed by atoms with E-state index in [0.29, 0.717) is 22.6 Å². The van der Waals surface area contributed by atoms with Crippen LogP contribution >= 0.6 is 11.6 Å². The number of phenols is 1. The number of rotatable bonds is 11. The summed E-state index contributed by atoms with van der Waals surface area (Å²) in [5.41, 5.74) is 2.28. The van der Waals surface area contributed by atoms with Crippen LogP contribution < -0.4 is 4.90 Å². The number of nitro groups is 1. The molecule has 0 saturated carbocycles. The molecule has 2 aliphatic rings. The molecular weight excluding hydrogens is 552 g/mol. The molecule has 0 aromatic heterocycles. The van der Waals surface area contributed by atoms with Crippen LogP contribution in [0.3, 0.4) is 0 Å². The molecule has 1 aliphatic heterocycles. The number of hydrogen-bond acceptors (Lipinski definition) is 8. The van der Waals surface area contributed by atoms with Crippen LogP contribution in [0.25, 0.3) is 6.08 Å². The number of hydrogen-bond donors (Lipinski definition) is 4. The van der Waals surface area contributed by atoms with E-state index in [0.717, 1.165) is 34.9 Å². The van der Waals surface area contributed by atoms with Crippen molar-refractivity contribution in [3.63, 3.8) is 0 Å². The molecule has 0 unspecified atom stereocenters. The van der Waals surface area contributed by atoms with E-state index in [4.69, 9.17) is 11.6 Å². The lowest BCUT2D eigenvalue weighted by molar-refractivity contribution is -0.384. The van der Waals surface area contributed by atoms with Gasteiger partial charge in [0.25, 0.3) is 5.69 Å². The molecule has 218 valence electrons. The predicted octanol–water partition coefficient (Wildman–Crippen LogP) is 4.39. The molecule has 11 heteroatoms. The number of benzene rings is 2. The number of allylic oxidation sites excluding steroid dienone is 1. The number of phenolic OH excluding ortho intramolecular Hbond substituents is 1. The summed E-state index contributed by atoms with van der Waals surface area (Å²) >= 11 is 6.28. The number of amides is 2. The molecule has 41 heavy (non-hydrogen) atoms. The van der Waals surface area contributed by atoms with E-state index in [2.05, 4.69) is 0 Å². The van der Waals surface area contributed by atoms with Crippen molar-refractivity contribution in [3.05, 3.63) is 79.9 Å². The lowest BCUT2D eigenvalue weighted by Gasteiger charge is -2.36. The quantitative estimate of drug-likeness (QED) is 0.131. The van der Waals surface area contributed by atoms with E-state index in [9.17, 15) is 40.1 Å². The van der Waals surface area contributed by atoms with E-state index in [1.807, 2.05) is 13.0 Å². The molecule has 0 bridgehead atoms. The Hall–Kier alpha value is -3.57. The van der Waals surface area contributed by atoms with Gasteiger partial charge in [-0.1, -0.05) is 42.7 Å². The monoisotopic (exact) mass is 584 g/mol. The Morgan fingerprint density at radius 1 is 1.17 bits per heavy atom. The van der Waals surface area contributed by atoms with Gasteiger partial charge in [0.15, 0.2) is 0 Å². The third-order valence-corrected chi connectivity index (χ3v) is 8.21. The zero-order chi connectivity index (χ0) is 29.8. The van der Waals surface area contributed by atoms with Crippen LogP contribution in [0.1, 0.15) is 44.6 Å². The highest BCUT2D eigenvalue weighted by atomic mass is 35.5. The van der Waals surface area contributed by atoms with Crippen LogP contribution in [0.4, 0.5) is 11.4 Å². The number of carbonyl (C=O) groups is 2. The molecule has 2 aromatic rings. The molecule has 4 N–H and O–H groups in total. The van der Waals surface area contributed by atoms with Gasteiger partial charge in [0.1, 0.15) is 5.75 Å². The van der Waals surface area contributed by atoms with Crippen LogP contribution in [0.15, 0.2) is 59.2 Å². The normalized spacial score (nSPS) is 21.8. The van der Waals surface area contributed by atoms with Gasteiger partial charge in [-0.15, -0.1) is 0 Å². The number of non-ortho nitro benzene ring substituents is 1. The summed E-state index contributed by atoms with van der Waals surface area (Å²) in [7, 11) is 0. The van der Waals surface area contributed by atoms with Crippen molar-refractivity contribution in [2.24, 2.45) is 17.8 Å². The fourth-order valence-electron chi connectivity index (χ4n) is 6.03. The van der Waals surface area contributed by atoms with E-state index >= 15 is 0 Å². The highest BCUT2D eigenvalue weighted by molar-refractivity contribution is 6.32. The first-order chi connectivity index (χ1) is 19.6. The summed E-state index contributed by atoms with van der Waals surface area (Å²) in [4.78, 5) is 38.5. The van der Waals surface area contributed by atoms with E-state index in [1.165, 1.54) is 30.3 Å². The molecule has 2 aromatic carbocycles. The number of aliphatic hydroxyl groups excluding tert-OH is 3. The van der Waals surface area contributed by atoms with Crippen molar-refractivity contribution in [2.75, 3.05) is 18.1 Å². The van der Waals surface area contributed by atoms with Crippen LogP contribution in [-0.2, 0) is 9.59 Å². The Morgan fingerprint density at radius 3 is 2.56 bits per heavy atom. The van der Waals surface area contributed by atoms with Gasteiger partial charge < -0.3 is 20.4 Å². The highest BCUT2D eigenvalue weighted by Gasteiger charge is 2.55. The Kier molecular flexibility index (Phi) is 9.60. The summed E-state index contributed by atoms with van der Waals surface area (Å²) in [6.07, 6.45) is 3.12. The summed E-state index contributed by atoms with van der Waals surface area (Å²) in [5.74, 6) is -3.86. The average molecular weight is 585 g/mol. The summed E-state index contributed by atoms with van der Waals surface area (Å²) in [6.45, 7) is 1.04. The third-order valence-electron chi connectivity index (χ3n) is 7.88. The lowest BCUT2D eigenvalue weighted by atomic mass is 9.68. The Balaban J connectivity index is 1.60. The number of nitrogens with zero attached hydrogens (tertiary/aromatic N) is 2. The fourth-order valence-corrected chi connectivity index (χ4v) is 6.26. The first-order valence-corrected chi connectivity index (χ1v) is 13.9. The van der Waals surface area contributed by atoms with Crippen LogP contribution in [-0.4, -0.2) is 56.5 Å². The number of fused-ring (bicyclic) bond motifs is 1. The van der Waals surface area contributed by atoms with Crippen LogP contribution in [0.2, 0.25) is 5.02 Å². The predicted molar refractivity (Wildman–Crippen MR) is 153 cm³/mol. The number of aromatic hydroxyl groups is 1. The van der Waals surface area contributed by atoms with Gasteiger partial charge in [0.05, 0.1) is 46.8 Å². The van der Waals surface area contributed by atoms with Gasteiger partial charge in [-0.25, -0.2) is 4.90 Å². The van der Waals surface area contributed by atoms with Crippen molar-refractivity contribution in [1.82, 2.24) is 0 Å². The van der Waals surface area contributed by atoms with Crippen molar-refractivity contribution in [3.8, 4) is 5.75 Å². The maximum Gasteiger partial charge on any atom is 0.271 e. The number of halogens is 1. The highest BCUT2D eigenvalue weighted by Crippen LogP contribution is 2.47. The van der Waals surface area contributed by atoms with Gasteiger partial charge >= 0.3 is 0 Å². The van der Waals surface area contributed by atoms with Gasteiger partial charge in [-0.05, 0) is 66.7 Å². The van der Waals surface area contributed by atoms with Crippen molar-refractivity contribution in [1.29, 1.82) is 0 Å². The zero-order valence-electron chi connectivity index (χ0n) is 22.6. The van der Waals surface area contributed by atoms with Gasteiger partial charge in [-0.2, -0.15) is 0 Å². The third kappa shape index (κ3) is 6.20. The first-order valence-electron chi connectivity index (χ1n) is 13.5. The maximum absolute atomic E-state index is 13.6. The number of imide groups is 1. The van der Waals surface area contributed by atoms with Gasteiger partial charge in [0, 0.05) is 18.1 Å². The zero-order valence-corrected chi connectivity index (χ0v) is 23.3. The molecule has 10 nitrogen and oxygen atoms in total. The minimum absolute atomic E-state index is 0.0286. The lowest BCUT2D eigenvalue weighted by Crippen LogP contribution is -2.39. The maximum atomic E-state index is 13.6. The number of carbonyl (C=O) groups excluding carboxylic acids is 2. The molecule has 4 rings (SSSR count). The molecule has 1 fully saturated rings. The molecule has 0 radical (unpaired) electrons. The van der Waals surface area contributed by atoms with E-state index in [-0.39, 0.29) is 30.0 Å². The SMILES string of the molecule is CCC/C(=C\c1ccc(O)cc1Cl)CC[C@@H](O)C1=C(CO)C[C@H]2C(=O)N(c3cccc([N+](=O)[O-])c3)C(=O)[C@H]2[C@H]1CO. The standard InChI is InChI=1S/C30H33ClN2O8/c1-2-4-17(11-18-8-9-22(36)14-25(18)31)7-10-26(37)27-19(15-34)12-23-28(24(27)16-35)30(39)32(29(23)38)20-5-3-6-21(13-20)33(40)41/h3,5-6,8-9,11,13-14,23-24,26,28,34-37H,2,4,7,10,12,15-16H2,1H3/b17-11+/t23-,24+,26-,28-/m1/s1. The van der Waals surface area contributed by atoms with Gasteiger partial charge in [-0.3, -0.25) is 19.7 Å². The summed E-state index contributed by atoms with van der Waals surface area (Å²) < 4.78 is 0. The van der Waals surface area contributed by atoms with Crippen LogP contribution in [0.5, 0.6) is 5.75 Å². The number of aliphatic hydroxyl groups is 3. The van der Waals surface area contributed by atoms with E-state index in [1.54, 1.807) is 6.07 Å². The van der Waals surface area contributed by atoms with Crippen LogP contribution in [0, 0.1) is 27.9 Å². The molecule has 1 heterocycles. The largest absolute Gasteiger partial charge is 0.508 e. The Morgan fingerprint density at radius 2 is 1.93 bits per heavy atom. The average Bonchev–Trinajstić information content (AvgIpc) is 3.20. The minimum atomic E-state index is -1.10. The fraction of sp³-hybridized carbons (Fsp3) is 0.400. The topological polar surface area (TPSA) is 161 Å². The first kappa shape index (κ1) is 30.4. The molecule has 1 aliphatic carbocycles. The summed E-state index contributed by atoms with van der Waals surface area (Å²) in [5, 5.41) is 53.3. The van der Waals surface area contributed by atoms with Gasteiger partial charge in [0.2, 0.25) is 11.8 Å².